The summed E-state index contributed by atoms with van der Waals surface area (Å²) in [4.78, 5) is 20.7. The maximum absolute atomic E-state index is 12.8. The SMILES string of the molecule is CC(C)(C)C(=O)C1C(C(=O)O)C2(Cl)C(Cl)=C(Cl)C1(Cl)C2(Cl)Cl. The number of halogens is 6. The van der Waals surface area contributed by atoms with Gasteiger partial charge in [0.15, 0.2) is 4.33 Å². The molecular formula is C13H12Cl6O3. The Morgan fingerprint density at radius 3 is 1.64 bits per heavy atom. The van der Waals surface area contributed by atoms with Gasteiger partial charge in [-0.1, -0.05) is 67.2 Å². The van der Waals surface area contributed by atoms with Crippen molar-refractivity contribution in [3.05, 3.63) is 10.1 Å². The van der Waals surface area contributed by atoms with Crippen LogP contribution < -0.4 is 0 Å². The number of carbonyl (C=O) groups is 2. The lowest BCUT2D eigenvalue weighted by Gasteiger charge is -2.36. The molecule has 4 atom stereocenters. The van der Waals surface area contributed by atoms with Gasteiger partial charge in [-0.05, 0) is 0 Å². The quantitative estimate of drug-likeness (QED) is 0.645. The van der Waals surface area contributed by atoms with Crippen LogP contribution in [-0.2, 0) is 9.59 Å². The monoisotopic (exact) mass is 426 g/mol. The third-order valence-corrected chi connectivity index (χ3v) is 8.48. The fourth-order valence-corrected chi connectivity index (χ4v) is 6.03. The van der Waals surface area contributed by atoms with Gasteiger partial charge >= 0.3 is 5.97 Å². The second-order valence-electron chi connectivity index (χ2n) is 6.53. The average Bonchev–Trinajstić information content (AvgIpc) is 2.56. The first-order chi connectivity index (χ1) is 9.66. The summed E-state index contributed by atoms with van der Waals surface area (Å²) >= 11 is 37.8. The Bertz CT molecular complexity index is 607. The molecule has 9 heteroatoms. The van der Waals surface area contributed by atoms with Crippen LogP contribution in [0.25, 0.3) is 0 Å². The molecule has 0 heterocycles. The average molecular weight is 429 g/mol. The number of alkyl halides is 4. The number of rotatable bonds is 2. The summed E-state index contributed by atoms with van der Waals surface area (Å²) in [6.07, 6.45) is 0. The second kappa shape index (κ2) is 5.06. The molecule has 0 saturated heterocycles. The fourth-order valence-electron chi connectivity index (χ4n) is 3.09. The summed E-state index contributed by atoms with van der Waals surface area (Å²) in [6.45, 7) is 4.89. The van der Waals surface area contributed by atoms with Crippen molar-refractivity contribution < 1.29 is 14.7 Å². The molecular weight excluding hydrogens is 417 g/mol. The summed E-state index contributed by atoms with van der Waals surface area (Å²) in [5.41, 5.74) is -0.897. The molecule has 0 amide bonds. The van der Waals surface area contributed by atoms with E-state index in [2.05, 4.69) is 0 Å². The molecule has 0 spiro atoms. The molecule has 0 radical (unpaired) electrons. The molecule has 0 aliphatic heterocycles. The van der Waals surface area contributed by atoms with Crippen LogP contribution in [0.15, 0.2) is 10.1 Å². The molecule has 0 aromatic carbocycles. The van der Waals surface area contributed by atoms with E-state index in [0.717, 1.165) is 0 Å². The van der Waals surface area contributed by atoms with Crippen molar-refractivity contribution in [3.8, 4) is 0 Å². The molecule has 0 aromatic rings. The first-order valence-corrected chi connectivity index (χ1v) is 8.52. The van der Waals surface area contributed by atoms with E-state index in [-0.39, 0.29) is 10.1 Å². The molecule has 4 unspecified atom stereocenters. The summed E-state index contributed by atoms with van der Waals surface area (Å²) in [6, 6.07) is 0. The van der Waals surface area contributed by atoms with Gasteiger partial charge in [-0.2, -0.15) is 0 Å². The van der Waals surface area contributed by atoms with Gasteiger partial charge in [0.1, 0.15) is 15.5 Å². The number of carboxylic acid groups (broad SMARTS) is 1. The Hall–Kier alpha value is 0.620. The van der Waals surface area contributed by atoms with E-state index in [0.29, 0.717) is 0 Å². The highest BCUT2D eigenvalue weighted by atomic mass is 35.5. The molecule has 1 saturated carbocycles. The Morgan fingerprint density at radius 2 is 1.32 bits per heavy atom. The Kier molecular flexibility index (Phi) is 4.36. The molecule has 2 bridgehead atoms. The van der Waals surface area contributed by atoms with Crippen LogP contribution >= 0.6 is 69.6 Å². The van der Waals surface area contributed by atoms with Crippen molar-refractivity contribution >= 4 is 81.4 Å². The number of Topliss-reactive ketones (excluding diaryl/α,β-unsaturated/α-hetero) is 1. The Labute approximate surface area is 157 Å². The Balaban J connectivity index is 2.81. The zero-order valence-corrected chi connectivity index (χ0v) is 16.2. The van der Waals surface area contributed by atoms with E-state index in [4.69, 9.17) is 69.6 Å². The van der Waals surface area contributed by atoms with Crippen molar-refractivity contribution in [2.24, 2.45) is 17.3 Å². The number of carboxylic acids is 1. The van der Waals surface area contributed by atoms with Gasteiger partial charge in [0, 0.05) is 5.41 Å². The zero-order chi connectivity index (χ0) is 17.5. The van der Waals surface area contributed by atoms with Crippen molar-refractivity contribution in [3.63, 3.8) is 0 Å². The third kappa shape index (κ3) is 1.90. The lowest BCUT2D eigenvalue weighted by Crippen LogP contribution is -2.48. The maximum Gasteiger partial charge on any atom is 0.309 e. The third-order valence-electron chi connectivity index (χ3n) is 4.22. The predicted octanol–water partition coefficient (Wildman–Crippen LogP) is 4.76. The molecule has 2 aliphatic rings. The molecule has 3 nitrogen and oxygen atoms in total. The minimum absolute atomic E-state index is 0.184. The van der Waals surface area contributed by atoms with Crippen LogP contribution in [0.3, 0.4) is 0 Å². The van der Waals surface area contributed by atoms with Gasteiger partial charge in [0.05, 0.1) is 21.9 Å². The highest BCUT2D eigenvalue weighted by Crippen LogP contribution is 2.76. The molecule has 124 valence electrons. The number of hydrogen-bond donors (Lipinski definition) is 1. The molecule has 1 N–H and O–H groups in total. The minimum Gasteiger partial charge on any atom is -0.481 e. The molecule has 0 aromatic heterocycles. The molecule has 2 aliphatic carbocycles. The summed E-state index contributed by atoms with van der Waals surface area (Å²) < 4.78 is -2.05. The van der Waals surface area contributed by atoms with Crippen LogP contribution in [0.2, 0.25) is 0 Å². The second-order valence-corrected chi connectivity index (χ2v) is 9.81. The largest absolute Gasteiger partial charge is 0.481 e. The molecule has 1 fully saturated rings. The van der Waals surface area contributed by atoms with Crippen LogP contribution in [0.1, 0.15) is 20.8 Å². The highest BCUT2D eigenvalue weighted by Gasteiger charge is 2.85. The van der Waals surface area contributed by atoms with Crippen LogP contribution in [0.5, 0.6) is 0 Å². The van der Waals surface area contributed by atoms with E-state index in [1.165, 1.54) is 0 Å². The van der Waals surface area contributed by atoms with E-state index < -0.39 is 43.1 Å². The topological polar surface area (TPSA) is 54.4 Å². The lowest BCUT2D eigenvalue weighted by atomic mass is 9.72. The first kappa shape index (κ1) is 19.0. The van der Waals surface area contributed by atoms with E-state index in [9.17, 15) is 14.7 Å². The van der Waals surface area contributed by atoms with Gasteiger partial charge in [-0.3, -0.25) is 9.59 Å². The van der Waals surface area contributed by atoms with Crippen LogP contribution in [0.4, 0.5) is 0 Å². The van der Waals surface area contributed by atoms with E-state index >= 15 is 0 Å². The Morgan fingerprint density at radius 1 is 0.955 bits per heavy atom. The number of fused-ring (bicyclic) bond motifs is 2. The minimum atomic E-state index is -2.05. The van der Waals surface area contributed by atoms with Gasteiger partial charge in [0.2, 0.25) is 0 Å². The standard InChI is InChI=1S/C13H12Cl6O3/c1-10(2,3)8(20)4-5(9(21)22)12(17)7(15)6(14)11(4,16)13(12,18)19/h4-5H,1-3H3,(H,21,22). The van der Waals surface area contributed by atoms with Gasteiger partial charge in [-0.15, -0.1) is 23.2 Å². The summed E-state index contributed by atoms with van der Waals surface area (Å²) in [5, 5.41) is 9.18. The van der Waals surface area contributed by atoms with Gasteiger partial charge in [-0.25, -0.2) is 0 Å². The molecule has 2 rings (SSSR count). The van der Waals surface area contributed by atoms with Crippen LogP contribution in [-0.4, -0.2) is 30.9 Å². The number of carbonyl (C=O) groups excluding carboxylic acids is 1. The zero-order valence-electron chi connectivity index (χ0n) is 11.7. The van der Waals surface area contributed by atoms with Crippen molar-refractivity contribution in [2.45, 2.75) is 34.9 Å². The molecule has 22 heavy (non-hydrogen) atoms. The van der Waals surface area contributed by atoms with Gasteiger partial charge in [0.25, 0.3) is 0 Å². The summed E-state index contributed by atoms with van der Waals surface area (Å²) in [7, 11) is 0. The smallest absolute Gasteiger partial charge is 0.309 e. The summed E-state index contributed by atoms with van der Waals surface area (Å²) in [5.74, 6) is -4.63. The first-order valence-electron chi connectivity index (χ1n) is 6.25. The van der Waals surface area contributed by atoms with Crippen molar-refractivity contribution in [1.29, 1.82) is 0 Å². The van der Waals surface area contributed by atoms with E-state index in [1.54, 1.807) is 20.8 Å². The fraction of sp³-hybridized carbons (Fsp3) is 0.692. The van der Waals surface area contributed by atoms with Crippen LogP contribution in [0, 0.1) is 17.3 Å². The lowest BCUT2D eigenvalue weighted by molar-refractivity contribution is -0.148. The maximum atomic E-state index is 12.8. The predicted molar refractivity (Wildman–Crippen MR) is 89.4 cm³/mol. The highest BCUT2D eigenvalue weighted by molar-refractivity contribution is 6.66. The normalized spacial score (nSPS) is 40.2. The van der Waals surface area contributed by atoms with Crippen molar-refractivity contribution in [2.75, 3.05) is 0 Å². The van der Waals surface area contributed by atoms with Crippen molar-refractivity contribution in [1.82, 2.24) is 0 Å². The number of ketones is 1. The number of aliphatic carboxylic acids is 1. The number of hydrogen-bond acceptors (Lipinski definition) is 2. The van der Waals surface area contributed by atoms with Gasteiger partial charge < -0.3 is 5.11 Å². The van der Waals surface area contributed by atoms with E-state index in [1.807, 2.05) is 0 Å². The number of allylic oxidation sites excluding steroid dienone is 2.